The Labute approximate surface area is 118 Å². The number of carbonyl (C=O) groups is 1. The minimum Gasteiger partial charge on any atom is -0.337 e. The zero-order chi connectivity index (χ0) is 14.5. The van der Waals surface area contributed by atoms with E-state index in [-0.39, 0.29) is 9.92 Å². The average molecular weight is 305 g/mol. The molecule has 5 nitrogen and oxygen atoms in total. The molecule has 0 aliphatic carbocycles. The first-order valence-electron chi connectivity index (χ1n) is 5.94. The first kappa shape index (κ1) is 15.8. The minimum atomic E-state index is -3.95. The van der Waals surface area contributed by atoms with Gasteiger partial charge in [0.15, 0.2) is 0 Å². The standard InChI is InChI=1S/C12H17ClN2O3S/c1-3-4-8-14-12(16)15-19(17,18)11-9(2)6-5-7-10(11)13/h5-7H,3-4,8H2,1-2H3,(H2,14,15,16). The fourth-order valence-corrected chi connectivity index (χ4v) is 3.31. The highest BCUT2D eigenvalue weighted by Gasteiger charge is 2.22. The van der Waals surface area contributed by atoms with Crippen LogP contribution in [0.15, 0.2) is 23.1 Å². The molecule has 1 aromatic carbocycles. The zero-order valence-electron chi connectivity index (χ0n) is 10.9. The Bertz CT molecular complexity index is 538. The maximum Gasteiger partial charge on any atom is 0.328 e. The Kier molecular flexibility index (Phi) is 5.62. The van der Waals surface area contributed by atoms with Crippen LogP contribution in [0.4, 0.5) is 4.79 Å². The van der Waals surface area contributed by atoms with Crippen molar-refractivity contribution in [3.8, 4) is 0 Å². The van der Waals surface area contributed by atoms with Gasteiger partial charge in [0.05, 0.1) is 5.02 Å². The summed E-state index contributed by atoms with van der Waals surface area (Å²) in [5.74, 6) is 0. The maximum absolute atomic E-state index is 12.1. The molecule has 0 aliphatic rings. The number of hydrogen-bond acceptors (Lipinski definition) is 3. The molecule has 0 spiro atoms. The molecule has 2 amide bonds. The number of amides is 2. The van der Waals surface area contributed by atoms with Gasteiger partial charge in [0.25, 0.3) is 10.0 Å². The molecule has 106 valence electrons. The lowest BCUT2D eigenvalue weighted by molar-refractivity contribution is 0.245. The second-order valence-electron chi connectivity index (χ2n) is 4.10. The first-order valence-corrected chi connectivity index (χ1v) is 7.80. The molecule has 7 heteroatoms. The molecule has 0 aliphatic heterocycles. The van der Waals surface area contributed by atoms with Crippen molar-refractivity contribution in [2.24, 2.45) is 0 Å². The van der Waals surface area contributed by atoms with Crippen LogP contribution >= 0.6 is 11.6 Å². The monoisotopic (exact) mass is 304 g/mol. The number of aryl methyl sites for hydroxylation is 1. The molecule has 1 aromatic rings. The topological polar surface area (TPSA) is 75.3 Å². The van der Waals surface area contributed by atoms with Crippen LogP contribution in [0.5, 0.6) is 0 Å². The second kappa shape index (κ2) is 6.77. The lowest BCUT2D eigenvalue weighted by Crippen LogP contribution is -2.40. The fraction of sp³-hybridized carbons (Fsp3) is 0.417. The van der Waals surface area contributed by atoms with Crippen molar-refractivity contribution in [2.45, 2.75) is 31.6 Å². The maximum atomic E-state index is 12.1. The van der Waals surface area contributed by atoms with Gasteiger partial charge in [0, 0.05) is 6.54 Å². The number of benzene rings is 1. The van der Waals surface area contributed by atoms with Crippen LogP contribution in [-0.4, -0.2) is 21.0 Å². The minimum absolute atomic E-state index is 0.0673. The number of hydrogen-bond donors (Lipinski definition) is 2. The van der Waals surface area contributed by atoms with Crippen LogP contribution in [0.1, 0.15) is 25.3 Å². The quantitative estimate of drug-likeness (QED) is 0.820. The van der Waals surface area contributed by atoms with Gasteiger partial charge < -0.3 is 5.32 Å². The highest BCUT2D eigenvalue weighted by Crippen LogP contribution is 2.24. The van der Waals surface area contributed by atoms with Gasteiger partial charge in [-0.1, -0.05) is 37.1 Å². The van der Waals surface area contributed by atoms with Crippen LogP contribution < -0.4 is 10.0 Å². The summed E-state index contributed by atoms with van der Waals surface area (Å²) >= 11 is 5.87. The lowest BCUT2D eigenvalue weighted by atomic mass is 10.2. The molecule has 0 saturated carbocycles. The molecule has 19 heavy (non-hydrogen) atoms. The number of urea groups is 1. The molecule has 0 saturated heterocycles. The predicted octanol–water partition coefficient (Wildman–Crippen LogP) is 2.44. The van der Waals surface area contributed by atoms with Crippen LogP contribution in [0, 0.1) is 6.92 Å². The van der Waals surface area contributed by atoms with Crippen molar-refractivity contribution in [1.82, 2.24) is 10.0 Å². The van der Waals surface area contributed by atoms with E-state index >= 15 is 0 Å². The van der Waals surface area contributed by atoms with Crippen LogP contribution in [0.25, 0.3) is 0 Å². The first-order chi connectivity index (χ1) is 8.88. The number of nitrogens with one attached hydrogen (secondary N) is 2. The van der Waals surface area contributed by atoms with E-state index in [2.05, 4.69) is 5.32 Å². The molecule has 0 heterocycles. The summed E-state index contributed by atoms with van der Waals surface area (Å²) < 4.78 is 26.1. The predicted molar refractivity (Wildman–Crippen MR) is 74.8 cm³/mol. The van der Waals surface area contributed by atoms with E-state index in [0.717, 1.165) is 12.8 Å². The van der Waals surface area contributed by atoms with Crippen molar-refractivity contribution in [3.63, 3.8) is 0 Å². The van der Waals surface area contributed by atoms with Gasteiger partial charge in [-0.05, 0) is 25.0 Å². The summed E-state index contributed by atoms with van der Waals surface area (Å²) in [4.78, 5) is 11.4. The lowest BCUT2D eigenvalue weighted by Gasteiger charge is -2.11. The number of sulfonamides is 1. The van der Waals surface area contributed by atoms with E-state index in [4.69, 9.17) is 11.6 Å². The van der Waals surface area contributed by atoms with E-state index in [1.165, 1.54) is 6.07 Å². The third kappa shape index (κ3) is 4.40. The number of rotatable bonds is 5. The van der Waals surface area contributed by atoms with Crippen LogP contribution in [-0.2, 0) is 10.0 Å². The molecule has 2 N–H and O–H groups in total. The van der Waals surface area contributed by atoms with Crippen molar-refractivity contribution >= 4 is 27.7 Å². The summed E-state index contributed by atoms with van der Waals surface area (Å²) in [7, 11) is -3.95. The van der Waals surface area contributed by atoms with Gasteiger partial charge in [-0.3, -0.25) is 0 Å². The van der Waals surface area contributed by atoms with Crippen LogP contribution in [0.3, 0.4) is 0 Å². The highest BCUT2D eigenvalue weighted by molar-refractivity contribution is 7.90. The average Bonchev–Trinajstić information content (AvgIpc) is 2.27. The Morgan fingerprint density at radius 2 is 2.05 bits per heavy atom. The van der Waals surface area contributed by atoms with E-state index < -0.39 is 16.1 Å². The van der Waals surface area contributed by atoms with Crippen molar-refractivity contribution in [2.75, 3.05) is 6.54 Å². The molecule has 0 bridgehead atoms. The zero-order valence-corrected chi connectivity index (χ0v) is 12.4. The van der Waals surface area contributed by atoms with E-state index in [0.29, 0.717) is 12.1 Å². The number of unbranched alkanes of at least 4 members (excludes halogenated alkanes) is 1. The van der Waals surface area contributed by atoms with Crippen LogP contribution in [0.2, 0.25) is 5.02 Å². The molecular formula is C12H17ClN2O3S. The smallest absolute Gasteiger partial charge is 0.328 e. The fourth-order valence-electron chi connectivity index (χ4n) is 1.54. The summed E-state index contributed by atoms with van der Waals surface area (Å²) in [6.07, 6.45) is 1.70. The van der Waals surface area contributed by atoms with Crippen molar-refractivity contribution < 1.29 is 13.2 Å². The number of carbonyl (C=O) groups excluding carboxylic acids is 1. The summed E-state index contributed by atoms with van der Waals surface area (Å²) in [6, 6.07) is 4.00. The summed E-state index contributed by atoms with van der Waals surface area (Å²) in [5.41, 5.74) is 0.487. The SMILES string of the molecule is CCCCNC(=O)NS(=O)(=O)c1c(C)cccc1Cl. The second-order valence-corrected chi connectivity index (χ2v) is 6.13. The van der Waals surface area contributed by atoms with Gasteiger partial charge in [-0.15, -0.1) is 0 Å². The third-order valence-corrected chi connectivity index (χ3v) is 4.44. The Hall–Kier alpha value is -1.27. The largest absolute Gasteiger partial charge is 0.337 e. The Balaban J connectivity index is 2.84. The summed E-state index contributed by atoms with van der Waals surface area (Å²) in [6.45, 7) is 4.03. The van der Waals surface area contributed by atoms with Gasteiger partial charge in [-0.2, -0.15) is 0 Å². The van der Waals surface area contributed by atoms with E-state index in [1.54, 1.807) is 19.1 Å². The van der Waals surface area contributed by atoms with Gasteiger partial charge >= 0.3 is 6.03 Å². The molecule has 0 unspecified atom stereocenters. The normalized spacial score (nSPS) is 11.1. The van der Waals surface area contributed by atoms with Gasteiger partial charge in [0.2, 0.25) is 0 Å². The van der Waals surface area contributed by atoms with E-state index in [1.807, 2.05) is 11.6 Å². The van der Waals surface area contributed by atoms with Crippen molar-refractivity contribution in [1.29, 1.82) is 0 Å². The highest BCUT2D eigenvalue weighted by atomic mass is 35.5. The Morgan fingerprint density at radius 3 is 2.63 bits per heavy atom. The van der Waals surface area contributed by atoms with Crippen molar-refractivity contribution in [3.05, 3.63) is 28.8 Å². The molecule has 0 aromatic heterocycles. The number of halogens is 1. The van der Waals surface area contributed by atoms with Gasteiger partial charge in [-0.25, -0.2) is 17.9 Å². The Morgan fingerprint density at radius 1 is 1.37 bits per heavy atom. The molecular weight excluding hydrogens is 288 g/mol. The van der Waals surface area contributed by atoms with Gasteiger partial charge in [0.1, 0.15) is 4.90 Å². The third-order valence-electron chi connectivity index (χ3n) is 2.48. The molecule has 1 rings (SSSR count). The molecule has 0 radical (unpaired) electrons. The molecule has 0 fully saturated rings. The van der Waals surface area contributed by atoms with E-state index in [9.17, 15) is 13.2 Å². The molecule has 0 atom stereocenters. The summed E-state index contributed by atoms with van der Waals surface area (Å²) in [5, 5.41) is 2.57.